The van der Waals surface area contributed by atoms with Crippen molar-refractivity contribution in [1.82, 2.24) is 9.97 Å². The molecule has 1 aliphatic heterocycles. The third-order valence-corrected chi connectivity index (χ3v) is 5.48. The number of fused-ring (bicyclic) bond motifs is 1. The molecule has 2 aromatic heterocycles. The Morgan fingerprint density at radius 2 is 1.92 bits per heavy atom. The molecular weight excluding hydrogens is 332 g/mol. The second kappa shape index (κ2) is 6.98. The maximum atomic E-state index is 5.42. The Morgan fingerprint density at radius 3 is 2.68 bits per heavy atom. The predicted molar refractivity (Wildman–Crippen MR) is 104 cm³/mol. The first-order valence-electron chi connectivity index (χ1n) is 8.54. The van der Waals surface area contributed by atoms with Crippen molar-refractivity contribution in [2.45, 2.75) is 13.5 Å². The average molecular weight is 354 g/mol. The summed E-state index contributed by atoms with van der Waals surface area (Å²) >= 11 is 1.71. The standard InChI is InChI=1S/C19H22N4OS/c1-14-11-17-18(20-13-21-19(17)25-14)22(2)12-15-3-5-16(6-4-15)23-7-9-24-10-8-23/h3-6,11,13H,7-10,12H2,1-2H3. The summed E-state index contributed by atoms with van der Waals surface area (Å²) in [5, 5.41) is 1.14. The van der Waals surface area contributed by atoms with Gasteiger partial charge in [0.15, 0.2) is 0 Å². The summed E-state index contributed by atoms with van der Waals surface area (Å²) in [5.74, 6) is 0.992. The zero-order valence-corrected chi connectivity index (χ0v) is 15.4. The first kappa shape index (κ1) is 16.3. The van der Waals surface area contributed by atoms with Crippen molar-refractivity contribution in [2.24, 2.45) is 0 Å². The zero-order chi connectivity index (χ0) is 17.2. The van der Waals surface area contributed by atoms with Gasteiger partial charge in [0.25, 0.3) is 0 Å². The molecule has 0 amide bonds. The van der Waals surface area contributed by atoms with Crippen molar-refractivity contribution in [3.63, 3.8) is 0 Å². The zero-order valence-electron chi connectivity index (χ0n) is 14.6. The van der Waals surface area contributed by atoms with E-state index in [0.29, 0.717) is 0 Å². The van der Waals surface area contributed by atoms with Gasteiger partial charge in [0.05, 0.1) is 18.6 Å². The molecule has 0 unspecified atom stereocenters. The van der Waals surface area contributed by atoms with E-state index in [9.17, 15) is 0 Å². The molecule has 0 atom stereocenters. The summed E-state index contributed by atoms with van der Waals surface area (Å²) in [6, 6.07) is 11.0. The number of aromatic nitrogens is 2. The van der Waals surface area contributed by atoms with Gasteiger partial charge in [-0.15, -0.1) is 11.3 Å². The third-order valence-electron chi connectivity index (χ3n) is 4.53. The quantitative estimate of drug-likeness (QED) is 0.718. The van der Waals surface area contributed by atoms with Crippen LogP contribution in [0.2, 0.25) is 0 Å². The first-order valence-corrected chi connectivity index (χ1v) is 9.36. The molecule has 25 heavy (non-hydrogen) atoms. The molecule has 0 bridgehead atoms. The normalized spacial score (nSPS) is 14.9. The van der Waals surface area contributed by atoms with E-state index in [0.717, 1.165) is 48.9 Å². The molecule has 1 aliphatic rings. The van der Waals surface area contributed by atoms with Crippen LogP contribution in [0.4, 0.5) is 11.5 Å². The Morgan fingerprint density at radius 1 is 1.16 bits per heavy atom. The van der Waals surface area contributed by atoms with Crippen LogP contribution >= 0.6 is 11.3 Å². The van der Waals surface area contributed by atoms with E-state index < -0.39 is 0 Å². The summed E-state index contributed by atoms with van der Waals surface area (Å²) in [6.45, 7) is 6.50. The number of ether oxygens (including phenoxy) is 1. The molecule has 3 heterocycles. The van der Waals surface area contributed by atoms with Gasteiger partial charge in [-0.05, 0) is 30.7 Å². The minimum absolute atomic E-state index is 0.814. The Kier molecular flexibility index (Phi) is 4.55. The van der Waals surface area contributed by atoms with E-state index in [1.165, 1.54) is 16.1 Å². The number of benzene rings is 1. The van der Waals surface area contributed by atoms with Crippen molar-refractivity contribution in [1.29, 1.82) is 0 Å². The van der Waals surface area contributed by atoms with Crippen LogP contribution in [0.15, 0.2) is 36.7 Å². The first-order chi connectivity index (χ1) is 12.2. The van der Waals surface area contributed by atoms with Crippen LogP contribution in [0.5, 0.6) is 0 Å². The summed E-state index contributed by atoms with van der Waals surface area (Å²) in [4.78, 5) is 15.8. The van der Waals surface area contributed by atoms with Crippen molar-refractivity contribution < 1.29 is 4.74 Å². The van der Waals surface area contributed by atoms with Crippen LogP contribution in [-0.4, -0.2) is 43.3 Å². The van der Waals surface area contributed by atoms with Gasteiger partial charge in [-0.3, -0.25) is 0 Å². The summed E-state index contributed by atoms with van der Waals surface area (Å²) < 4.78 is 5.42. The largest absolute Gasteiger partial charge is 0.378 e. The molecule has 1 fully saturated rings. The van der Waals surface area contributed by atoms with Gasteiger partial charge in [0, 0.05) is 37.2 Å². The molecule has 4 rings (SSSR count). The van der Waals surface area contributed by atoms with Gasteiger partial charge in [0.2, 0.25) is 0 Å². The number of morpholine rings is 1. The predicted octanol–water partition coefficient (Wildman–Crippen LogP) is 3.47. The Balaban J connectivity index is 1.51. The molecular formula is C19H22N4OS. The third kappa shape index (κ3) is 3.45. The van der Waals surface area contributed by atoms with Gasteiger partial charge < -0.3 is 14.5 Å². The second-order valence-corrected chi connectivity index (χ2v) is 7.63. The van der Waals surface area contributed by atoms with Gasteiger partial charge in [0.1, 0.15) is 17.0 Å². The van der Waals surface area contributed by atoms with Gasteiger partial charge in [-0.25, -0.2) is 9.97 Å². The molecule has 3 aromatic rings. The number of nitrogens with zero attached hydrogens (tertiary/aromatic N) is 4. The highest BCUT2D eigenvalue weighted by atomic mass is 32.1. The fourth-order valence-corrected chi connectivity index (χ4v) is 4.09. The van der Waals surface area contributed by atoms with Gasteiger partial charge >= 0.3 is 0 Å². The van der Waals surface area contributed by atoms with E-state index in [2.05, 4.69) is 64.1 Å². The van der Waals surface area contributed by atoms with Gasteiger partial charge in [-0.2, -0.15) is 0 Å². The topological polar surface area (TPSA) is 41.5 Å². The van der Waals surface area contributed by atoms with Gasteiger partial charge in [-0.1, -0.05) is 12.1 Å². The smallest absolute Gasteiger partial charge is 0.140 e. The van der Waals surface area contributed by atoms with Crippen LogP contribution in [0, 0.1) is 6.92 Å². The molecule has 0 aliphatic carbocycles. The average Bonchev–Trinajstić information content (AvgIpc) is 3.03. The minimum Gasteiger partial charge on any atom is -0.378 e. The Labute approximate surface area is 151 Å². The van der Waals surface area contributed by atoms with Crippen LogP contribution in [0.3, 0.4) is 0 Å². The van der Waals surface area contributed by atoms with Crippen molar-refractivity contribution in [3.8, 4) is 0 Å². The van der Waals surface area contributed by atoms with E-state index in [-0.39, 0.29) is 0 Å². The highest BCUT2D eigenvalue weighted by Crippen LogP contribution is 2.30. The van der Waals surface area contributed by atoms with E-state index in [1.807, 2.05) is 0 Å². The maximum Gasteiger partial charge on any atom is 0.140 e. The molecule has 6 heteroatoms. The molecule has 130 valence electrons. The lowest BCUT2D eigenvalue weighted by Gasteiger charge is -2.29. The van der Waals surface area contributed by atoms with Crippen molar-refractivity contribution in [2.75, 3.05) is 43.2 Å². The highest BCUT2D eigenvalue weighted by molar-refractivity contribution is 7.18. The number of thiophene rings is 1. The number of hydrogen-bond donors (Lipinski definition) is 0. The lowest BCUT2D eigenvalue weighted by molar-refractivity contribution is 0.122. The molecule has 0 radical (unpaired) electrons. The Hall–Kier alpha value is -2.18. The monoisotopic (exact) mass is 354 g/mol. The van der Waals surface area contributed by atoms with Crippen molar-refractivity contribution in [3.05, 3.63) is 47.1 Å². The van der Waals surface area contributed by atoms with Crippen molar-refractivity contribution >= 4 is 33.1 Å². The number of anilines is 2. The molecule has 0 saturated carbocycles. The molecule has 1 aromatic carbocycles. The van der Waals surface area contributed by atoms with E-state index in [1.54, 1.807) is 17.7 Å². The molecule has 5 nitrogen and oxygen atoms in total. The summed E-state index contributed by atoms with van der Waals surface area (Å²) in [7, 11) is 2.09. The fraction of sp³-hybridized carbons (Fsp3) is 0.368. The number of hydrogen-bond acceptors (Lipinski definition) is 6. The fourth-order valence-electron chi connectivity index (χ4n) is 3.25. The van der Waals surface area contributed by atoms with E-state index in [4.69, 9.17) is 4.74 Å². The molecule has 0 N–H and O–H groups in total. The molecule has 1 saturated heterocycles. The number of aryl methyl sites for hydroxylation is 1. The van der Waals surface area contributed by atoms with Crippen LogP contribution < -0.4 is 9.80 Å². The lowest BCUT2D eigenvalue weighted by atomic mass is 10.1. The number of rotatable bonds is 4. The summed E-state index contributed by atoms with van der Waals surface area (Å²) in [6.07, 6.45) is 1.66. The van der Waals surface area contributed by atoms with Crippen LogP contribution in [-0.2, 0) is 11.3 Å². The highest BCUT2D eigenvalue weighted by Gasteiger charge is 2.13. The van der Waals surface area contributed by atoms with Crippen LogP contribution in [0.25, 0.3) is 10.2 Å². The Bertz CT molecular complexity index is 855. The maximum absolute atomic E-state index is 5.42. The second-order valence-electron chi connectivity index (χ2n) is 6.40. The summed E-state index contributed by atoms with van der Waals surface area (Å²) in [5.41, 5.74) is 2.55. The van der Waals surface area contributed by atoms with Crippen LogP contribution in [0.1, 0.15) is 10.4 Å². The lowest BCUT2D eigenvalue weighted by Crippen LogP contribution is -2.36. The molecule has 0 spiro atoms. The SMILES string of the molecule is Cc1cc2c(N(C)Cc3ccc(N4CCOCC4)cc3)ncnc2s1. The minimum atomic E-state index is 0.814. The van der Waals surface area contributed by atoms with E-state index >= 15 is 0 Å².